The first-order chi connectivity index (χ1) is 8.49. The minimum absolute atomic E-state index is 0.108. The molecule has 0 amide bonds. The van der Waals surface area contributed by atoms with Gasteiger partial charge in [0.2, 0.25) is 0 Å². The summed E-state index contributed by atoms with van der Waals surface area (Å²) < 4.78 is 13.3. The van der Waals surface area contributed by atoms with Crippen LogP contribution in [0.5, 0.6) is 0 Å². The van der Waals surface area contributed by atoms with Crippen molar-refractivity contribution in [2.24, 2.45) is 0 Å². The molecule has 0 aliphatic rings. The lowest BCUT2D eigenvalue weighted by molar-refractivity contribution is 0.617. The second-order valence-corrected chi connectivity index (χ2v) is 5.65. The highest BCUT2D eigenvalue weighted by Gasteiger charge is 2.13. The van der Waals surface area contributed by atoms with Crippen molar-refractivity contribution in [2.45, 2.75) is 25.6 Å². The highest BCUT2D eigenvalue weighted by molar-refractivity contribution is 9.09. The number of rotatable bonds is 2. The van der Waals surface area contributed by atoms with Crippen LogP contribution in [0.1, 0.15) is 32.6 Å². The summed E-state index contributed by atoms with van der Waals surface area (Å²) in [6.07, 6.45) is 0. The molecule has 0 bridgehead atoms. The first-order valence-corrected chi connectivity index (χ1v) is 6.88. The maximum Gasteiger partial charge on any atom is 0.126 e. The minimum Gasteiger partial charge on any atom is -0.207 e. The molecule has 0 saturated heterocycles. The van der Waals surface area contributed by atoms with Crippen molar-refractivity contribution < 1.29 is 4.39 Å². The van der Waals surface area contributed by atoms with Gasteiger partial charge in [0, 0.05) is 0 Å². The molecule has 0 aliphatic heterocycles. The smallest absolute Gasteiger partial charge is 0.126 e. The zero-order valence-corrected chi connectivity index (χ0v) is 12.4. The fourth-order valence-electron chi connectivity index (χ4n) is 2.04. The topological polar surface area (TPSA) is 0 Å². The molecule has 2 aromatic carbocycles. The zero-order chi connectivity index (χ0) is 13.3. The Balaban J connectivity index is 2.44. The summed E-state index contributed by atoms with van der Waals surface area (Å²) in [5.41, 5.74) is 5.48. The Labute approximate surface area is 116 Å². The van der Waals surface area contributed by atoms with E-state index in [1.807, 2.05) is 12.1 Å². The lowest BCUT2D eigenvalue weighted by Gasteiger charge is -2.15. The molecule has 2 aromatic rings. The van der Waals surface area contributed by atoms with Crippen LogP contribution in [0.4, 0.5) is 4.39 Å². The van der Waals surface area contributed by atoms with Gasteiger partial charge in [-0.1, -0.05) is 51.8 Å². The Morgan fingerprint density at radius 3 is 2.33 bits per heavy atom. The van der Waals surface area contributed by atoms with Gasteiger partial charge in [-0.3, -0.25) is 0 Å². The number of hydrogen-bond donors (Lipinski definition) is 0. The fourth-order valence-corrected chi connectivity index (χ4v) is 2.82. The van der Waals surface area contributed by atoms with Crippen molar-refractivity contribution in [3.8, 4) is 0 Å². The van der Waals surface area contributed by atoms with E-state index in [1.165, 1.54) is 22.8 Å². The Bertz CT molecular complexity index is 575. The monoisotopic (exact) mass is 306 g/mol. The molecule has 0 nitrogen and oxygen atoms in total. The molecule has 0 spiro atoms. The Hall–Kier alpha value is -1.15. The first kappa shape index (κ1) is 13.3. The third-order valence-corrected chi connectivity index (χ3v) is 4.20. The van der Waals surface area contributed by atoms with Gasteiger partial charge in [-0.15, -0.1) is 0 Å². The normalized spacial score (nSPS) is 12.5. The van der Waals surface area contributed by atoms with Crippen molar-refractivity contribution in [1.82, 2.24) is 0 Å². The van der Waals surface area contributed by atoms with Gasteiger partial charge in [0.05, 0.1) is 4.83 Å². The first-order valence-electron chi connectivity index (χ1n) is 5.96. The molecule has 0 heterocycles. The number of aryl methyl sites for hydroxylation is 3. The number of alkyl halides is 1. The number of hydrogen-bond acceptors (Lipinski definition) is 0. The van der Waals surface area contributed by atoms with E-state index in [-0.39, 0.29) is 10.6 Å². The largest absolute Gasteiger partial charge is 0.207 e. The molecule has 2 heteroatoms. The molecule has 1 unspecified atom stereocenters. The van der Waals surface area contributed by atoms with Gasteiger partial charge < -0.3 is 0 Å². The highest BCUT2D eigenvalue weighted by Crippen LogP contribution is 2.33. The SMILES string of the molecule is Cc1ccc(C)c(C(Br)c2ccc(F)c(C)c2)c1. The van der Waals surface area contributed by atoms with Crippen molar-refractivity contribution >= 4 is 15.9 Å². The molecular weight excluding hydrogens is 291 g/mol. The lowest BCUT2D eigenvalue weighted by Crippen LogP contribution is -1.98. The van der Waals surface area contributed by atoms with E-state index in [0.717, 1.165) is 5.56 Å². The van der Waals surface area contributed by atoms with Crippen LogP contribution in [0, 0.1) is 26.6 Å². The molecule has 0 radical (unpaired) electrons. The van der Waals surface area contributed by atoms with Gasteiger partial charge in [-0.25, -0.2) is 4.39 Å². The zero-order valence-electron chi connectivity index (χ0n) is 10.8. The fraction of sp³-hybridized carbons (Fsp3) is 0.250. The standard InChI is InChI=1S/C16H16BrF/c1-10-4-5-11(2)14(8-10)16(17)13-6-7-15(18)12(3)9-13/h4-9,16H,1-3H3. The third-order valence-electron chi connectivity index (χ3n) is 3.18. The Morgan fingerprint density at radius 1 is 0.944 bits per heavy atom. The third kappa shape index (κ3) is 2.64. The quantitative estimate of drug-likeness (QED) is 0.666. The van der Waals surface area contributed by atoms with Gasteiger partial charge in [0.1, 0.15) is 5.82 Å². The average molecular weight is 307 g/mol. The van der Waals surface area contributed by atoms with E-state index in [0.29, 0.717) is 5.56 Å². The minimum atomic E-state index is -0.153. The van der Waals surface area contributed by atoms with Crippen LogP contribution in [0.15, 0.2) is 36.4 Å². The summed E-state index contributed by atoms with van der Waals surface area (Å²) >= 11 is 3.72. The summed E-state index contributed by atoms with van der Waals surface area (Å²) in [7, 11) is 0. The van der Waals surface area contributed by atoms with Crippen molar-refractivity contribution in [1.29, 1.82) is 0 Å². The molecule has 0 saturated carbocycles. The van der Waals surface area contributed by atoms with E-state index >= 15 is 0 Å². The summed E-state index contributed by atoms with van der Waals surface area (Å²) in [4.78, 5) is 0.108. The highest BCUT2D eigenvalue weighted by atomic mass is 79.9. The summed E-state index contributed by atoms with van der Waals surface area (Å²) in [5.74, 6) is -0.153. The molecule has 2 rings (SSSR count). The van der Waals surface area contributed by atoms with E-state index in [4.69, 9.17) is 0 Å². The van der Waals surface area contributed by atoms with Crippen LogP contribution in [0.25, 0.3) is 0 Å². The Kier molecular flexibility index (Phi) is 3.86. The molecule has 18 heavy (non-hydrogen) atoms. The number of benzene rings is 2. The second-order valence-electron chi connectivity index (χ2n) is 4.73. The van der Waals surface area contributed by atoms with Crippen LogP contribution >= 0.6 is 15.9 Å². The second kappa shape index (κ2) is 5.23. The van der Waals surface area contributed by atoms with Gasteiger partial charge in [0.25, 0.3) is 0 Å². The number of halogens is 2. The predicted octanol–water partition coefficient (Wildman–Crippen LogP) is 5.24. The van der Waals surface area contributed by atoms with Gasteiger partial charge in [-0.05, 0) is 49.1 Å². The molecule has 94 valence electrons. The average Bonchev–Trinajstić information content (AvgIpc) is 2.35. The molecule has 0 N–H and O–H groups in total. The van der Waals surface area contributed by atoms with Crippen LogP contribution < -0.4 is 0 Å². The van der Waals surface area contributed by atoms with E-state index in [2.05, 4.69) is 48.0 Å². The molecule has 0 aromatic heterocycles. The van der Waals surface area contributed by atoms with Gasteiger partial charge >= 0.3 is 0 Å². The van der Waals surface area contributed by atoms with E-state index in [9.17, 15) is 4.39 Å². The van der Waals surface area contributed by atoms with Gasteiger partial charge in [-0.2, -0.15) is 0 Å². The van der Waals surface area contributed by atoms with Crippen LogP contribution in [0.3, 0.4) is 0 Å². The van der Waals surface area contributed by atoms with Crippen molar-refractivity contribution in [2.75, 3.05) is 0 Å². The van der Waals surface area contributed by atoms with E-state index < -0.39 is 0 Å². The molecule has 0 aliphatic carbocycles. The van der Waals surface area contributed by atoms with Crippen LogP contribution in [0.2, 0.25) is 0 Å². The van der Waals surface area contributed by atoms with Crippen molar-refractivity contribution in [3.63, 3.8) is 0 Å². The van der Waals surface area contributed by atoms with Crippen molar-refractivity contribution in [3.05, 3.63) is 70.0 Å². The maximum atomic E-state index is 13.3. The molecule has 1 atom stereocenters. The predicted molar refractivity (Wildman–Crippen MR) is 77.8 cm³/mol. The molecular formula is C16H16BrF. The summed E-state index contributed by atoms with van der Waals surface area (Å²) in [5, 5.41) is 0. The van der Waals surface area contributed by atoms with Crippen LogP contribution in [-0.2, 0) is 0 Å². The van der Waals surface area contributed by atoms with E-state index in [1.54, 1.807) is 6.92 Å². The van der Waals surface area contributed by atoms with Crippen LogP contribution in [-0.4, -0.2) is 0 Å². The lowest BCUT2D eigenvalue weighted by atomic mass is 9.97. The van der Waals surface area contributed by atoms with Gasteiger partial charge in [0.15, 0.2) is 0 Å². The maximum absolute atomic E-state index is 13.3. The summed E-state index contributed by atoms with van der Waals surface area (Å²) in [6.45, 7) is 5.97. The Morgan fingerprint density at radius 2 is 1.67 bits per heavy atom. The molecule has 0 fully saturated rings. The summed E-state index contributed by atoms with van der Waals surface area (Å²) in [6, 6.07) is 11.7.